The minimum Gasteiger partial charge on any atom is -0.309 e. The summed E-state index contributed by atoms with van der Waals surface area (Å²) in [6.07, 6.45) is 0. The topological polar surface area (TPSA) is 100 Å². The lowest BCUT2D eigenvalue weighted by Gasteiger charge is -2.29. The number of fused-ring (bicyclic) bond motifs is 3. The van der Waals surface area contributed by atoms with Gasteiger partial charge in [0.25, 0.3) is 0 Å². The third kappa shape index (κ3) is 6.39. The summed E-state index contributed by atoms with van der Waals surface area (Å²) in [4.78, 5) is 0. The predicted molar refractivity (Wildman–Crippen MR) is 252 cm³/mol. The van der Waals surface area contributed by atoms with Crippen molar-refractivity contribution in [1.82, 2.24) is 4.57 Å². The molecule has 0 bridgehead atoms. The van der Waals surface area contributed by atoms with Gasteiger partial charge in [-0.2, -0.15) is 21.0 Å². The van der Waals surface area contributed by atoms with Crippen LogP contribution in [0.3, 0.4) is 0 Å². The zero-order valence-corrected chi connectivity index (χ0v) is 33.8. The Morgan fingerprint density at radius 2 is 0.714 bits per heavy atom. The summed E-state index contributed by atoms with van der Waals surface area (Å²) in [5.41, 5.74) is 15.0. The summed E-state index contributed by atoms with van der Waals surface area (Å²) in [5.74, 6) is 0. The molecule has 63 heavy (non-hydrogen) atoms. The Balaban J connectivity index is 1.56. The first kappa shape index (κ1) is 38.0. The summed E-state index contributed by atoms with van der Waals surface area (Å²) in [5, 5.41) is 44.0. The number of hydrogen-bond donors (Lipinski definition) is 0. The molecule has 10 aromatic rings. The lowest BCUT2D eigenvalue weighted by atomic mass is 9.72. The third-order valence-electron chi connectivity index (χ3n) is 11.8. The fraction of sp³-hybridized carbons (Fsp3) is 0. The summed E-state index contributed by atoms with van der Waals surface area (Å²) in [6.45, 7) is 0. The molecule has 9 aromatic carbocycles. The number of nitriles is 4. The van der Waals surface area contributed by atoms with E-state index in [0.29, 0.717) is 33.4 Å². The quantitative estimate of drug-likeness (QED) is 0.160. The fourth-order valence-corrected chi connectivity index (χ4v) is 9.13. The van der Waals surface area contributed by atoms with E-state index in [1.807, 2.05) is 133 Å². The van der Waals surface area contributed by atoms with Crippen LogP contribution >= 0.6 is 0 Å². The van der Waals surface area contributed by atoms with E-state index < -0.39 is 0 Å². The van der Waals surface area contributed by atoms with Gasteiger partial charge in [-0.3, -0.25) is 0 Å². The minimum absolute atomic E-state index is 0.476. The van der Waals surface area contributed by atoms with Crippen LogP contribution in [0.4, 0.5) is 0 Å². The second kappa shape index (κ2) is 16.1. The van der Waals surface area contributed by atoms with Gasteiger partial charge in [-0.25, -0.2) is 0 Å². The molecule has 0 saturated heterocycles. The van der Waals surface area contributed by atoms with Gasteiger partial charge in [0.2, 0.25) is 0 Å². The minimum atomic E-state index is 0.476. The normalized spacial score (nSPS) is 10.8. The zero-order chi connectivity index (χ0) is 42.9. The van der Waals surface area contributed by atoms with Crippen LogP contribution in [0.1, 0.15) is 22.3 Å². The molecule has 0 radical (unpaired) electrons. The molecule has 5 heteroatoms. The van der Waals surface area contributed by atoms with Crippen LogP contribution in [0.25, 0.3) is 94.3 Å². The molecule has 0 aliphatic rings. The molecule has 0 unspecified atom stereocenters. The first-order chi connectivity index (χ1) is 31.1. The second-order valence-electron chi connectivity index (χ2n) is 15.2. The summed E-state index contributed by atoms with van der Waals surface area (Å²) >= 11 is 0. The third-order valence-corrected chi connectivity index (χ3v) is 11.8. The number of benzene rings is 9. The molecule has 0 aliphatic heterocycles. The van der Waals surface area contributed by atoms with Crippen molar-refractivity contribution >= 4 is 21.8 Å². The van der Waals surface area contributed by atoms with Crippen LogP contribution in [-0.2, 0) is 0 Å². The first-order valence-corrected chi connectivity index (χ1v) is 20.5. The van der Waals surface area contributed by atoms with Crippen molar-refractivity contribution in [2.24, 2.45) is 0 Å². The van der Waals surface area contributed by atoms with Gasteiger partial charge in [0.05, 0.1) is 57.6 Å². The molecule has 0 fully saturated rings. The molecular formula is C58H33N5. The Morgan fingerprint density at radius 1 is 0.302 bits per heavy atom. The van der Waals surface area contributed by atoms with Gasteiger partial charge in [-0.05, 0) is 111 Å². The maximum absolute atomic E-state index is 11.0. The molecule has 0 amide bonds. The van der Waals surface area contributed by atoms with E-state index in [4.69, 9.17) is 0 Å². The zero-order valence-electron chi connectivity index (χ0n) is 33.8. The number of hydrogen-bond acceptors (Lipinski definition) is 4. The summed E-state index contributed by atoms with van der Waals surface area (Å²) in [7, 11) is 0. The highest BCUT2D eigenvalue weighted by atomic mass is 15.0. The molecule has 0 spiro atoms. The van der Waals surface area contributed by atoms with Crippen molar-refractivity contribution in [3.8, 4) is 96.7 Å². The molecule has 1 aromatic heterocycles. The van der Waals surface area contributed by atoms with Gasteiger partial charge >= 0.3 is 0 Å². The molecule has 10 rings (SSSR count). The van der Waals surface area contributed by atoms with Gasteiger partial charge in [-0.15, -0.1) is 0 Å². The van der Waals surface area contributed by atoms with Gasteiger partial charge in [0, 0.05) is 33.2 Å². The van der Waals surface area contributed by atoms with E-state index in [-0.39, 0.29) is 0 Å². The Hall–Kier alpha value is -9.26. The molecule has 0 aliphatic carbocycles. The van der Waals surface area contributed by atoms with Crippen LogP contribution in [-0.4, -0.2) is 4.57 Å². The number of nitrogens with zero attached hydrogens (tertiary/aromatic N) is 5. The Kier molecular flexibility index (Phi) is 9.68. The lowest BCUT2D eigenvalue weighted by Crippen LogP contribution is -2.04. The number of aromatic nitrogens is 1. The maximum atomic E-state index is 11.0. The van der Waals surface area contributed by atoms with Crippen molar-refractivity contribution in [3.63, 3.8) is 0 Å². The summed E-state index contributed by atoms with van der Waals surface area (Å²) < 4.78 is 2.30. The average Bonchev–Trinajstić information content (AvgIpc) is 3.71. The summed E-state index contributed by atoms with van der Waals surface area (Å²) in [6, 6.07) is 75.7. The molecular weight excluding hydrogens is 767 g/mol. The van der Waals surface area contributed by atoms with E-state index in [9.17, 15) is 21.0 Å². The average molecular weight is 800 g/mol. The molecule has 0 N–H and O–H groups in total. The van der Waals surface area contributed by atoms with Crippen LogP contribution < -0.4 is 0 Å². The van der Waals surface area contributed by atoms with E-state index in [0.717, 1.165) is 83.1 Å². The lowest BCUT2D eigenvalue weighted by molar-refractivity contribution is 1.18. The van der Waals surface area contributed by atoms with Crippen molar-refractivity contribution in [2.45, 2.75) is 0 Å². The molecule has 5 nitrogen and oxygen atoms in total. The van der Waals surface area contributed by atoms with Crippen LogP contribution in [0.5, 0.6) is 0 Å². The van der Waals surface area contributed by atoms with E-state index in [1.165, 1.54) is 0 Å². The first-order valence-electron chi connectivity index (χ1n) is 20.5. The van der Waals surface area contributed by atoms with E-state index in [1.54, 1.807) is 0 Å². The fourth-order valence-electron chi connectivity index (χ4n) is 9.13. The Bertz CT molecular complexity index is 3570. The van der Waals surface area contributed by atoms with E-state index in [2.05, 4.69) is 95.6 Å². The molecule has 0 saturated carbocycles. The van der Waals surface area contributed by atoms with Crippen molar-refractivity contribution < 1.29 is 0 Å². The highest BCUT2D eigenvalue weighted by Gasteiger charge is 2.32. The Morgan fingerprint density at radius 3 is 1.27 bits per heavy atom. The SMILES string of the molecule is N#Cc1ccc(-c2c(-c3ccccc3)c(-c3ccccc3C#N)c(-c3ccccc3C#N)c(-c3cccc4c3c3ccccc3n4-c3ccccc3)c2-c2ccc(C#N)cc2)cc1. The van der Waals surface area contributed by atoms with Gasteiger partial charge in [0.15, 0.2) is 0 Å². The highest BCUT2D eigenvalue weighted by Crippen LogP contribution is 2.58. The van der Waals surface area contributed by atoms with Crippen LogP contribution in [0.2, 0.25) is 0 Å². The van der Waals surface area contributed by atoms with Gasteiger partial charge in [-0.1, -0.05) is 140 Å². The Labute approximate surface area is 365 Å². The highest BCUT2D eigenvalue weighted by molar-refractivity contribution is 6.23. The predicted octanol–water partition coefficient (Wildman–Crippen LogP) is 14.3. The molecule has 1 heterocycles. The molecule has 0 atom stereocenters. The van der Waals surface area contributed by atoms with Crippen molar-refractivity contribution in [1.29, 1.82) is 21.0 Å². The second-order valence-corrected chi connectivity index (χ2v) is 15.2. The van der Waals surface area contributed by atoms with Crippen LogP contribution in [0.15, 0.2) is 200 Å². The smallest absolute Gasteiger partial charge is 0.0998 e. The monoisotopic (exact) mass is 799 g/mol. The largest absolute Gasteiger partial charge is 0.309 e. The maximum Gasteiger partial charge on any atom is 0.0998 e. The molecule has 290 valence electrons. The number of rotatable bonds is 7. The van der Waals surface area contributed by atoms with Gasteiger partial charge in [0.1, 0.15) is 0 Å². The standard InChI is InChI=1S/C58H33N5/c59-34-38-26-30-41(31-27-38)52-53(40-14-3-1-4-15-40)56(46-20-9-7-16-43(46)36-61)57(47-21-10-8-17-44(47)37-62)58(54(52)42-32-28-39(35-60)29-33-42)49-23-13-25-51-55(49)48-22-11-12-24-50(48)63(51)45-18-5-2-6-19-45/h1-33H. The van der Waals surface area contributed by atoms with Crippen LogP contribution in [0, 0.1) is 45.3 Å². The van der Waals surface area contributed by atoms with Crippen molar-refractivity contribution in [3.05, 3.63) is 222 Å². The number of para-hydroxylation sites is 2. The van der Waals surface area contributed by atoms with Crippen molar-refractivity contribution in [2.75, 3.05) is 0 Å². The van der Waals surface area contributed by atoms with E-state index >= 15 is 0 Å². The van der Waals surface area contributed by atoms with Gasteiger partial charge < -0.3 is 4.57 Å².